The molecule has 0 heteroatoms. The van der Waals surface area contributed by atoms with E-state index in [0.29, 0.717) is 11.8 Å². The number of hydrogen-bond acceptors (Lipinski definition) is 0. The summed E-state index contributed by atoms with van der Waals surface area (Å²) in [6.45, 7) is 34.5. The SMILES string of the molecule is CC(C)c1cc2c(cc1C(C)(C)C(C)(C)C(C)C)C1=C(C=CCC1)C(C)(C)C(C)(C)C2(C)C. The molecule has 0 radical (unpaired) electrons. The number of benzene rings is 1. The molecule has 0 N–H and O–H groups in total. The molecule has 0 unspecified atom stereocenters. The van der Waals surface area contributed by atoms with Gasteiger partial charge in [-0.2, -0.15) is 0 Å². The van der Waals surface area contributed by atoms with Gasteiger partial charge >= 0.3 is 0 Å². The Morgan fingerprint density at radius 3 is 1.91 bits per heavy atom. The van der Waals surface area contributed by atoms with Crippen molar-refractivity contribution in [1.82, 2.24) is 0 Å². The zero-order valence-electron chi connectivity index (χ0n) is 24.4. The third-order valence-corrected chi connectivity index (χ3v) is 11.5. The highest BCUT2D eigenvalue weighted by Crippen LogP contribution is 2.62. The second-order valence-electron chi connectivity index (χ2n) is 14.3. The van der Waals surface area contributed by atoms with Gasteiger partial charge in [0.1, 0.15) is 0 Å². The Balaban J connectivity index is 2.50. The lowest BCUT2D eigenvalue weighted by atomic mass is 9.51. The highest BCUT2D eigenvalue weighted by atomic mass is 14.6. The first-order chi connectivity index (χ1) is 14.8. The van der Waals surface area contributed by atoms with Crippen LogP contribution in [0, 0.1) is 22.2 Å². The summed E-state index contributed by atoms with van der Waals surface area (Å²) in [6.07, 6.45) is 7.18. The summed E-state index contributed by atoms with van der Waals surface area (Å²) in [5.41, 5.74) is 9.88. The second-order valence-corrected chi connectivity index (χ2v) is 14.3. The maximum Gasteiger partial charge on any atom is -0.00380 e. The minimum atomic E-state index is 0.0525. The molecule has 0 nitrogen and oxygen atoms in total. The fourth-order valence-corrected chi connectivity index (χ4v) is 6.45. The van der Waals surface area contributed by atoms with Crippen LogP contribution in [0.25, 0.3) is 5.57 Å². The fourth-order valence-electron chi connectivity index (χ4n) is 6.45. The van der Waals surface area contributed by atoms with Crippen LogP contribution in [-0.4, -0.2) is 0 Å². The van der Waals surface area contributed by atoms with Gasteiger partial charge in [0, 0.05) is 0 Å². The number of fused-ring (bicyclic) bond motifs is 2. The molecule has 2 aliphatic carbocycles. The van der Waals surface area contributed by atoms with Crippen molar-refractivity contribution in [2.75, 3.05) is 0 Å². The van der Waals surface area contributed by atoms with Crippen molar-refractivity contribution >= 4 is 5.57 Å². The van der Waals surface area contributed by atoms with Crippen molar-refractivity contribution < 1.29 is 0 Å². The zero-order chi connectivity index (χ0) is 25.4. The number of rotatable bonds is 4. The van der Waals surface area contributed by atoms with Crippen molar-refractivity contribution in [3.8, 4) is 0 Å². The van der Waals surface area contributed by atoms with Gasteiger partial charge < -0.3 is 0 Å². The third kappa shape index (κ3) is 3.52. The lowest BCUT2D eigenvalue weighted by molar-refractivity contribution is 0.0643. The molecule has 184 valence electrons. The standard InChI is InChI=1S/C33H52/c1-21(2)24-19-28-25(20-27(24)30(7,8)29(5,6)22(3)4)23-17-15-16-18-26(23)31(9,10)33(13,14)32(28,11)12/h16,18-22H,15,17H2,1-14H3. The summed E-state index contributed by atoms with van der Waals surface area (Å²) in [5, 5.41) is 0. The van der Waals surface area contributed by atoms with Crippen molar-refractivity contribution in [2.24, 2.45) is 22.2 Å². The Morgan fingerprint density at radius 2 is 1.39 bits per heavy atom. The molecule has 0 aromatic heterocycles. The minimum absolute atomic E-state index is 0.0525. The Bertz CT molecular complexity index is 983. The van der Waals surface area contributed by atoms with E-state index in [-0.39, 0.29) is 27.1 Å². The van der Waals surface area contributed by atoms with Crippen LogP contribution in [0.1, 0.15) is 138 Å². The average Bonchev–Trinajstić information content (AvgIpc) is 2.74. The summed E-state index contributed by atoms with van der Waals surface area (Å²) in [4.78, 5) is 0. The molecule has 33 heavy (non-hydrogen) atoms. The van der Waals surface area contributed by atoms with Crippen molar-refractivity contribution in [3.63, 3.8) is 0 Å². The van der Waals surface area contributed by atoms with Gasteiger partial charge in [-0.05, 0) is 85.2 Å². The van der Waals surface area contributed by atoms with E-state index in [1.165, 1.54) is 5.56 Å². The van der Waals surface area contributed by atoms with E-state index in [0.717, 1.165) is 12.8 Å². The number of hydrogen-bond donors (Lipinski definition) is 0. The highest BCUT2D eigenvalue weighted by Gasteiger charge is 2.54. The largest absolute Gasteiger partial charge is 0.0839 e. The normalized spacial score (nSPS) is 21.8. The molecule has 0 saturated carbocycles. The summed E-state index contributed by atoms with van der Waals surface area (Å²) in [5.74, 6) is 1.11. The lowest BCUT2D eigenvalue weighted by Gasteiger charge is -2.52. The summed E-state index contributed by atoms with van der Waals surface area (Å²) < 4.78 is 0. The van der Waals surface area contributed by atoms with Crippen LogP contribution >= 0.6 is 0 Å². The maximum absolute atomic E-state index is 2.66. The molecule has 0 bridgehead atoms. The molecule has 1 aromatic rings. The van der Waals surface area contributed by atoms with Gasteiger partial charge in [0.25, 0.3) is 0 Å². The third-order valence-electron chi connectivity index (χ3n) is 11.5. The van der Waals surface area contributed by atoms with Crippen molar-refractivity contribution in [1.29, 1.82) is 0 Å². The Labute approximate surface area is 206 Å². The van der Waals surface area contributed by atoms with E-state index in [1.54, 1.807) is 27.8 Å². The fraction of sp³-hybridized carbons (Fsp3) is 0.697. The van der Waals surface area contributed by atoms with Crippen LogP contribution in [0.2, 0.25) is 0 Å². The Morgan fingerprint density at radius 1 is 0.818 bits per heavy atom. The second kappa shape index (κ2) is 7.86. The van der Waals surface area contributed by atoms with Crippen molar-refractivity contribution in [2.45, 2.75) is 127 Å². The van der Waals surface area contributed by atoms with Gasteiger partial charge in [0.2, 0.25) is 0 Å². The molecule has 0 atom stereocenters. The van der Waals surface area contributed by atoms with Crippen LogP contribution in [0.5, 0.6) is 0 Å². The smallest absolute Gasteiger partial charge is 0.00380 e. The van der Waals surface area contributed by atoms with Crippen molar-refractivity contribution in [3.05, 3.63) is 52.1 Å². The summed E-state index contributed by atoms with van der Waals surface area (Å²) in [7, 11) is 0. The summed E-state index contributed by atoms with van der Waals surface area (Å²) in [6, 6.07) is 5.29. The van der Waals surface area contributed by atoms with Crippen LogP contribution in [0.4, 0.5) is 0 Å². The van der Waals surface area contributed by atoms with Crippen LogP contribution < -0.4 is 0 Å². The quantitative estimate of drug-likeness (QED) is 0.429. The predicted octanol–water partition coefficient (Wildman–Crippen LogP) is 10.2. The molecule has 0 aliphatic heterocycles. The first kappa shape index (κ1) is 26.3. The molecule has 0 amide bonds. The molecular formula is C33H52. The molecule has 0 spiro atoms. The first-order valence-electron chi connectivity index (χ1n) is 13.4. The van der Waals surface area contributed by atoms with Gasteiger partial charge in [-0.25, -0.2) is 0 Å². The van der Waals surface area contributed by atoms with E-state index in [4.69, 9.17) is 0 Å². The van der Waals surface area contributed by atoms with E-state index in [9.17, 15) is 0 Å². The minimum Gasteiger partial charge on any atom is -0.0839 e. The molecule has 3 rings (SSSR count). The Kier molecular flexibility index (Phi) is 6.27. The highest BCUT2D eigenvalue weighted by molar-refractivity contribution is 5.79. The Hall–Kier alpha value is -1.30. The summed E-state index contributed by atoms with van der Waals surface area (Å²) >= 11 is 0. The topological polar surface area (TPSA) is 0 Å². The monoisotopic (exact) mass is 448 g/mol. The predicted molar refractivity (Wildman–Crippen MR) is 148 cm³/mol. The lowest BCUT2D eigenvalue weighted by Crippen LogP contribution is -2.47. The van der Waals surface area contributed by atoms with Gasteiger partial charge in [-0.3, -0.25) is 0 Å². The molecule has 0 saturated heterocycles. The van der Waals surface area contributed by atoms with Gasteiger partial charge in [0.15, 0.2) is 0 Å². The van der Waals surface area contributed by atoms with Gasteiger partial charge in [-0.1, -0.05) is 121 Å². The molecular weight excluding hydrogens is 396 g/mol. The molecule has 0 fully saturated rings. The van der Waals surface area contributed by atoms with Gasteiger partial charge in [0.05, 0.1) is 0 Å². The van der Waals surface area contributed by atoms with Gasteiger partial charge in [-0.15, -0.1) is 0 Å². The average molecular weight is 449 g/mol. The van der Waals surface area contributed by atoms with Crippen LogP contribution in [-0.2, 0) is 10.8 Å². The van der Waals surface area contributed by atoms with E-state index in [2.05, 4.69) is 121 Å². The van der Waals surface area contributed by atoms with E-state index in [1.807, 2.05) is 0 Å². The first-order valence-corrected chi connectivity index (χ1v) is 13.4. The number of allylic oxidation sites excluding steroid dienone is 4. The molecule has 2 aliphatic rings. The van der Waals surface area contributed by atoms with E-state index >= 15 is 0 Å². The zero-order valence-corrected chi connectivity index (χ0v) is 24.4. The molecule has 1 aromatic carbocycles. The van der Waals surface area contributed by atoms with Crippen LogP contribution in [0.3, 0.4) is 0 Å². The van der Waals surface area contributed by atoms with Crippen LogP contribution in [0.15, 0.2) is 29.9 Å². The molecule has 0 heterocycles. The van der Waals surface area contributed by atoms with E-state index < -0.39 is 0 Å². The maximum atomic E-state index is 2.66.